The van der Waals surface area contributed by atoms with Crippen LogP contribution in [0, 0.1) is 0 Å². The minimum atomic E-state index is -0.629. The average Bonchev–Trinajstić information content (AvgIpc) is 2.76. The Bertz CT molecular complexity index is 595. The minimum Gasteiger partial charge on any atom is -0.481 e. The first-order chi connectivity index (χ1) is 10.9. The summed E-state index contributed by atoms with van der Waals surface area (Å²) in [5.41, 5.74) is 0. The predicted molar refractivity (Wildman–Crippen MR) is 90.0 cm³/mol. The van der Waals surface area contributed by atoms with Crippen molar-refractivity contribution in [3.8, 4) is 5.75 Å². The molecule has 0 aromatic heterocycles. The Morgan fingerprint density at radius 3 is 2.39 bits per heavy atom. The van der Waals surface area contributed by atoms with Crippen LogP contribution in [0.2, 0.25) is 10.0 Å². The molecule has 5 nitrogen and oxygen atoms in total. The van der Waals surface area contributed by atoms with E-state index < -0.39 is 6.10 Å². The lowest BCUT2D eigenvalue weighted by atomic mass is 10.3. The Hall–Kier alpha value is -1.46. The topological polar surface area (TPSA) is 49.9 Å². The molecule has 0 radical (unpaired) electrons. The molecule has 0 spiro atoms. The number of rotatable bonds is 3. The van der Waals surface area contributed by atoms with Crippen molar-refractivity contribution in [3.63, 3.8) is 0 Å². The molecule has 0 N–H and O–H groups in total. The standard InChI is InChI=1S/C16H20Cl2N2O3/c1-11(23-13-4-5-14(17)15(18)10-13)16(22)20-7-3-6-19(8-9-20)12(2)21/h4-5,10-11H,3,6-9H2,1-2H3/t11-/m1/s1. The highest BCUT2D eigenvalue weighted by Crippen LogP contribution is 2.27. The highest BCUT2D eigenvalue weighted by Gasteiger charge is 2.25. The lowest BCUT2D eigenvalue weighted by Gasteiger charge is -2.25. The maximum atomic E-state index is 12.5. The first-order valence-corrected chi connectivity index (χ1v) is 8.30. The van der Waals surface area contributed by atoms with Crippen molar-refractivity contribution in [1.82, 2.24) is 9.80 Å². The van der Waals surface area contributed by atoms with Crippen molar-refractivity contribution in [2.24, 2.45) is 0 Å². The summed E-state index contributed by atoms with van der Waals surface area (Å²) in [6, 6.07) is 4.90. The summed E-state index contributed by atoms with van der Waals surface area (Å²) in [6.45, 7) is 5.64. The van der Waals surface area contributed by atoms with Gasteiger partial charge in [-0.05, 0) is 25.5 Å². The lowest BCUT2D eigenvalue weighted by Crippen LogP contribution is -2.42. The normalized spacial score (nSPS) is 16.7. The molecule has 2 rings (SSSR count). The number of hydrogen-bond acceptors (Lipinski definition) is 3. The van der Waals surface area contributed by atoms with E-state index in [2.05, 4.69) is 0 Å². The maximum absolute atomic E-state index is 12.5. The SMILES string of the molecule is CC(=O)N1CCCN(C(=O)[C@@H](C)Oc2ccc(Cl)c(Cl)c2)CC1. The molecule has 126 valence electrons. The average molecular weight is 359 g/mol. The van der Waals surface area contributed by atoms with Gasteiger partial charge >= 0.3 is 0 Å². The van der Waals surface area contributed by atoms with Crippen molar-refractivity contribution >= 4 is 35.0 Å². The van der Waals surface area contributed by atoms with Crippen molar-refractivity contribution in [3.05, 3.63) is 28.2 Å². The maximum Gasteiger partial charge on any atom is 0.263 e. The fourth-order valence-electron chi connectivity index (χ4n) is 2.51. The van der Waals surface area contributed by atoms with Crippen molar-refractivity contribution in [2.75, 3.05) is 26.2 Å². The van der Waals surface area contributed by atoms with Crippen molar-refractivity contribution in [2.45, 2.75) is 26.4 Å². The van der Waals surface area contributed by atoms with Crippen LogP contribution in [0.5, 0.6) is 5.75 Å². The largest absolute Gasteiger partial charge is 0.481 e. The zero-order valence-electron chi connectivity index (χ0n) is 13.2. The van der Waals surface area contributed by atoms with E-state index in [4.69, 9.17) is 27.9 Å². The molecule has 1 atom stereocenters. The van der Waals surface area contributed by atoms with Crippen LogP contribution in [-0.4, -0.2) is 53.9 Å². The summed E-state index contributed by atoms with van der Waals surface area (Å²) in [5, 5.41) is 0.825. The van der Waals surface area contributed by atoms with Crippen LogP contribution in [0.1, 0.15) is 20.3 Å². The number of halogens is 2. The van der Waals surface area contributed by atoms with Crippen LogP contribution in [0.15, 0.2) is 18.2 Å². The van der Waals surface area contributed by atoms with Gasteiger partial charge in [0.2, 0.25) is 5.91 Å². The molecule has 1 heterocycles. The van der Waals surface area contributed by atoms with Gasteiger partial charge in [-0.25, -0.2) is 0 Å². The van der Waals surface area contributed by atoms with Gasteiger partial charge in [0.05, 0.1) is 10.0 Å². The van der Waals surface area contributed by atoms with Crippen LogP contribution in [-0.2, 0) is 9.59 Å². The summed E-state index contributed by atoms with van der Waals surface area (Å²) in [4.78, 5) is 27.5. The van der Waals surface area contributed by atoms with E-state index in [1.165, 1.54) is 0 Å². The second-order valence-electron chi connectivity index (χ2n) is 5.52. The summed E-state index contributed by atoms with van der Waals surface area (Å²) in [6.07, 6.45) is 0.140. The third-order valence-electron chi connectivity index (χ3n) is 3.80. The third-order valence-corrected chi connectivity index (χ3v) is 4.54. The Kier molecular flexibility index (Phi) is 6.13. The number of nitrogens with zero attached hydrogens (tertiary/aromatic N) is 2. The van der Waals surface area contributed by atoms with E-state index in [1.807, 2.05) is 0 Å². The van der Waals surface area contributed by atoms with Gasteiger partial charge in [0, 0.05) is 39.2 Å². The predicted octanol–water partition coefficient (Wildman–Crippen LogP) is 2.84. The summed E-state index contributed by atoms with van der Waals surface area (Å²) in [5.74, 6) is 0.446. The molecule has 1 aliphatic rings. The zero-order valence-corrected chi connectivity index (χ0v) is 14.7. The molecular formula is C16H20Cl2N2O3. The number of carbonyl (C=O) groups is 2. The molecule has 2 amide bonds. The molecule has 0 saturated carbocycles. The van der Waals surface area contributed by atoms with Gasteiger partial charge in [0.1, 0.15) is 5.75 Å². The third kappa shape index (κ3) is 4.75. The van der Waals surface area contributed by atoms with Gasteiger partial charge in [-0.2, -0.15) is 0 Å². The van der Waals surface area contributed by atoms with Crippen LogP contribution in [0.25, 0.3) is 0 Å². The lowest BCUT2D eigenvalue weighted by molar-refractivity contribution is -0.138. The number of hydrogen-bond donors (Lipinski definition) is 0. The Morgan fingerprint density at radius 1 is 1.09 bits per heavy atom. The number of carbonyl (C=O) groups excluding carboxylic acids is 2. The zero-order chi connectivity index (χ0) is 17.0. The first kappa shape index (κ1) is 17.9. The molecule has 7 heteroatoms. The van der Waals surface area contributed by atoms with Gasteiger partial charge in [-0.1, -0.05) is 23.2 Å². The fourth-order valence-corrected chi connectivity index (χ4v) is 2.80. The van der Waals surface area contributed by atoms with Crippen LogP contribution < -0.4 is 4.74 Å². The van der Waals surface area contributed by atoms with Gasteiger partial charge < -0.3 is 14.5 Å². The second-order valence-corrected chi connectivity index (χ2v) is 6.34. The number of amides is 2. The summed E-state index contributed by atoms with van der Waals surface area (Å²) >= 11 is 11.8. The van der Waals surface area contributed by atoms with Gasteiger partial charge in [-0.3, -0.25) is 9.59 Å². The molecule has 1 aromatic carbocycles. The Labute approximate surface area is 146 Å². The fraction of sp³-hybridized carbons (Fsp3) is 0.500. The van der Waals surface area contributed by atoms with E-state index in [0.717, 1.165) is 6.42 Å². The number of ether oxygens (including phenoxy) is 1. The van der Waals surface area contributed by atoms with Gasteiger partial charge in [0.15, 0.2) is 6.10 Å². The second kappa shape index (κ2) is 7.88. The van der Waals surface area contributed by atoms with Crippen molar-refractivity contribution < 1.29 is 14.3 Å². The molecule has 1 fully saturated rings. The molecule has 0 unspecified atom stereocenters. The van der Waals surface area contributed by atoms with E-state index in [1.54, 1.807) is 41.8 Å². The minimum absolute atomic E-state index is 0.0411. The van der Waals surface area contributed by atoms with Crippen LogP contribution >= 0.6 is 23.2 Å². The monoisotopic (exact) mass is 358 g/mol. The van der Waals surface area contributed by atoms with Crippen LogP contribution in [0.3, 0.4) is 0 Å². The molecule has 1 aliphatic heterocycles. The molecule has 0 aliphatic carbocycles. The Morgan fingerprint density at radius 2 is 1.74 bits per heavy atom. The van der Waals surface area contributed by atoms with E-state index in [9.17, 15) is 9.59 Å². The van der Waals surface area contributed by atoms with Crippen molar-refractivity contribution in [1.29, 1.82) is 0 Å². The molecular weight excluding hydrogens is 339 g/mol. The summed E-state index contributed by atoms with van der Waals surface area (Å²) in [7, 11) is 0. The first-order valence-electron chi connectivity index (χ1n) is 7.54. The van der Waals surface area contributed by atoms with E-state index in [0.29, 0.717) is 42.0 Å². The quantitative estimate of drug-likeness (QED) is 0.834. The highest BCUT2D eigenvalue weighted by atomic mass is 35.5. The van der Waals surface area contributed by atoms with E-state index in [-0.39, 0.29) is 11.8 Å². The molecule has 23 heavy (non-hydrogen) atoms. The van der Waals surface area contributed by atoms with E-state index >= 15 is 0 Å². The molecule has 0 bridgehead atoms. The number of benzene rings is 1. The summed E-state index contributed by atoms with van der Waals surface area (Å²) < 4.78 is 5.67. The van der Waals surface area contributed by atoms with Gasteiger partial charge in [0.25, 0.3) is 5.91 Å². The van der Waals surface area contributed by atoms with Crippen LogP contribution in [0.4, 0.5) is 0 Å². The smallest absolute Gasteiger partial charge is 0.263 e. The van der Waals surface area contributed by atoms with Gasteiger partial charge in [-0.15, -0.1) is 0 Å². The molecule has 1 saturated heterocycles. The molecule has 1 aromatic rings. The Balaban J connectivity index is 1.96. The highest BCUT2D eigenvalue weighted by molar-refractivity contribution is 6.42.